The highest BCUT2D eigenvalue weighted by Crippen LogP contribution is 2.26. The lowest BCUT2D eigenvalue weighted by atomic mass is 10.1. The van der Waals surface area contributed by atoms with E-state index in [2.05, 4.69) is 20.5 Å². The molecule has 2 aromatic rings. The normalized spacial score (nSPS) is 19.2. The third kappa shape index (κ3) is 5.40. The maximum atomic E-state index is 13.0. The number of anilines is 2. The third-order valence-corrected chi connectivity index (χ3v) is 6.97. The minimum absolute atomic E-state index is 0.0527. The maximum absolute atomic E-state index is 13.0. The van der Waals surface area contributed by atoms with E-state index in [1.54, 1.807) is 30.7 Å². The number of carbonyl (C=O) groups is 2. The lowest BCUT2D eigenvalue weighted by Crippen LogP contribution is -2.39. The Bertz CT molecular complexity index is 963. The summed E-state index contributed by atoms with van der Waals surface area (Å²) in [5, 5.41) is 8.43. The summed E-state index contributed by atoms with van der Waals surface area (Å²) in [7, 11) is 1.71. The van der Waals surface area contributed by atoms with Gasteiger partial charge in [-0.1, -0.05) is 6.07 Å². The van der Waals surface area contributed by atoms with E-state index in [0.29, 0.717) is 30.2 Å². The van der Waals surface area contributed by atoms with E-state index in [4.69, 9.17) is 21.1 Å². The molecular formula is C22H27ClN4O4S. The Morgan fingerprint density at radius 1 is 1.28 bits per heavy atom. The SMILES string of the molecule is CO[C@H]1CCN(c2nc(C(=O)Nc3ccc(CCl)cc3C(=O)NC3CCOCC3)cs2)C1. The molecule has 1 aromatic carbocycles. The first kappa shape index (κ1) is 23.0. The van der Waals surface area contributed by atoms with Gasteiger partial charge in [0.2, 0.25) is 0 Å². The number of alkyl halides is 1. The maximum Gasteiger partial charge on any atom is 0.275 e. The molecule has 4 rings (SSSR count). The average molecular weight is 479 g/mol. The first-order valence-electron chi connectivity index (χ1n) is 10.7. The fourth-order valence-corrected chi connectivity index (χ4v) is 4.88. The molecule has 1 aromatic heterocycles. The predicted molar refractivity (Wildman–Crippen MR) is 125 cm³/mol. The zero-order chi connectivity index (χ0) is 22.5. The van der Waals surface area contributed by atoms with Gasteiger partial charge in [0.15, 0.2) is 5.13 Å². The van der Waals surface area contributed by atoms with Gasteiger partial charge < -0.3 is 25.0 Å². The summed E-state index contributed by atoms with van der Waals surface area (Å²) in [6, 6.07) is 5.29. The molecule has 2 N–H and O–H groups in total. The second-order valence-electron chi connectivity index (χ2n) is 7.94. The molecule has 0 unspecified atom stereocenters. The summed E-state index contributed by atoms with van der Waals surface area (Å²) in [5.41, 5.74) is 1.95. The molecule has 32 heavy (non-hydrogen) atoms. The highest BCUT2D eigenvalue weighted by Gasteiger charge is 2.26. The number of rotatable bonds is 7. The van der Waals surface area contributed by atoms with Crippen molar-refractivity contribution in [1.29, 1.82) is 0 Å². The summed E-state index contributed by atoms with van der Waals surface area (Å²) in [6.07, 6.45) is 2.67. The van der Waals surface area contributed by atoms with Gasteiger partial charge in [-0.05, 0) is 37.0 Å². The Hall–Kier alpha value is -2.20. The van der Waals surface area contributed by atoms with Gasteiger partial charge >= 0.3 is 0 Å². The number of hydrogen-bond acceptors (Lipinski definition) is 7. The Labute approximate surface area is 196 Å². The molecule has 2 fully saturated rings. The molecular weight excluding hydrogens is 452 g/mol. The summed E-state index contributed by atoms with van der Waals surface area (Å²) >= 11 is 7.41. The van der Waals surface area contributed by atoms with Crippen LogP contribution in [-0.4, -0.2) is 62.4 Å². The van der Waals surface area contributed by atoms with Crippen LogP contribution in [0.25, 0.3) is 0 Å². The number of ether oxygens (including phenoxy) is 2. The number of halogens is 1. The van der Waals surface area contributed by atoms with E-state index < -0.39 is 0 Å². The molecule has 1 atom stereocenters. The molecule has 10 heteroatoms. The molecule has 2 saturated heterocycles. The molecule has 2 aliphatic heterocycles. The average Bonchev–Trinajstić information content (AvgIpc) is 3.49. The second-order valence-corrected chi connectivity index (χ2v) is 9.04. The summed E-state index contributed by atoms with van der Waals surface area (Å²) < 4.78 is 10.8. The number of methoxy groups -OCH3 is 1. The van der Waals surface area contributed by atoms with Gasteiger partial charge in [0.25, 0.3) is 11.8 Å². The van der Waals surface area contributed by atoms with Gasteiger partial charge in [-0.25, -0.2) is 4.98 Å². The van der Waals surface area contributed by atoms with Crippen LogP contribution in [0.4, 0.5) is 10.8 Å². The fraction of sp³-hybridized carbons (Fsp3) is 0.500. The van der Waals surface area contributed by atoms with Crippen LogP contribution in [-0.2, 0) is 15.4 Å². The standard InChI is InChI=1S/C22H27ClN4O4S/c1-30-16-4-7-27(12-16)22-26-19(13-32-22)21(29)25-18-3-2-14(11-23)10-17(18)20(28)24-15-5-8-31-9-6-15/h2-3,10,13,15-16H,4-9,11-12H2,1H3,(H,24,28)(H,25,29)/t16-/m0/s1. The van der Waals surface area contributed by atoms with E-state index in [1.165, 1.54) is 11.3 Å². The fourth-order valence-electron chi connectivity index (χ4n) is 3.87. The van der Waals surface area contributed by atoms with Gasteiger partial charge in [-0.3, -0.25) is 9.59 Å². The molecule has 2 aliphatic rings. The molecule has 0 aliphatic carbocycles. The number of hydrogen-bond donors (Lipinski definition) is 2. The lowest BCUT2D eigenvalue weighted by molar-refractivity contribution is 0.0697. The van der Waals surface area contributed by atoms with Crippen LogP contribution in [0.3, 0.4) is 0 Å². The van der Waals surface area contributed by atoms with Crippen LogP contribution in [0, 0.1) is 0 Å². The van der Waals surface area contributed by atoms with Crippen molar-refractivity contribution in [2.75, 3.05) is 43.6 Å². The highest BCUT2D eigenvalue weighted by atomic mass is 35.5. The van der Waals surface area contributed by atoms with Crippen molar-refractivity contribution in [3.8, 4) is 0 Å². The van der Waals surface area contributed by atoms with E-state index in [9.17, 15) is 9.59 Å². The van der Waals surface area contributed by atoms with Crippen molar-refractivity contribution in [1.82, 2.24) is 10.3 Å². The third-order valence-electron chi connectivity index (χ3n) is 5.76. The first-order chi connectivity index (χ1) is 15.6. The van der Waals surface area contributed by atoms with E-state index in [0.717, 1.165) is 43.0 Å². The minimum atomic E-state index is -0.353. The largest absolute Gasteiger partial charge is 0.381 e. The monoisotopic (exact) mass is 478 g/mol. The Morgan fingerprint density at radius 2 is 2.09 bits per heavy atom. The second kappa shape index (κ2) is 10.6. The zero-order valence-corrected chi connectivity index (χ0v) is 19.5. The van der Waals surface area contributed by atoms with Crippen molar-refractivity contribution in [2.24, 2.45) is 0 Å². The first-order valence-corrected chi connectivity index (χ1v) is 12.1. The summed E-state index contributed by atoms with van der Waals surface area (Å²) in [6.45, 7) is 2.88. The van der Waals surface area contributed by atoms with Crippen molar-refractivity contribution >= 4 is 45.6 Å². The molecule has 8 nitrogen and oxygen atoms in total. The van der Waals surface area contributed by atoms with Crippen molar-refractivity contribution in [3.63, 3.8) is 0 Å². The Balaban J connectivity index is 1.47. The van der Waals surface area contributed by atoms with Gasteiger partial charge in [0, 0.05) is 50.7 Å². The van der Waals surface area contributed by atoms with Gasteiger partial charge in [0.1, 0.15) is 5.69 Å². The molecule has 0 bridgehead atoms. The molecule has 3 heterocycles. The molecule has 0 spiro atoms. The molecule has 2 amide bonds. The van der Waals surface area contributed by atoms with Crippen LogP contribution in [0.5, 0.6) is 0 Å². The number of thiazole rings is 1. The number of amides is 2. The van der Waals surface area contributed by atoms with Gasteiger partial charge in [-0.15, -0.1) is 22.9 Å². The topological polar surface area (TPSA) is 92.8 Å². The van der Waals surface area contributed by atoms with Crippen LogP contribution >= 0.6 is 22.9 Å². The minimum Gasteiger partial charge on any atom is -0.381 e. The van der Waals surface area contributed by atoms with Crippen molar-refractivity contribution in [2.45, 2.75) is 37.3 Å². The zero-order valence-electron chi connectivity index (χ0n) is 17.9. The van der Waals surface area contributed by atoms with Gasteiger partial charge in [0.05, 0.1) is 17.4 Å². The highest BCUT2D eigenvalue weighted by molar-refractivity contribution is 7.14. The molecule has 172 valence electrons. The van der Waals surface area contributed by atoms with Crippen molar-refractivity contribution < 1.29 is 19.1 Å². The predicted octanol–water partition coefficient (Wildman–Crippen LogP) is 3.27. The Kier molecular flexibility index (Phi) is 7.62. The van der Waals surface area contributed by atoms with Crippen LogP contribution in [0.2, 0.25) is 0 Å². The van der Waals surface area contributed by atoms with Crippen LogP contribution < -0.4 is 15.5 Å². The van der Waals surface area contributed by atoms with Crippen LogP contribution in [0.1, 0.15) is 45.7 Å². The quantitative estimate of drug-likeness (QED) is 0.593. The lowest BCUT2D eigenvalue weighted by Gasteiger charge is -2.23. The number of aromatic nitrogens is 1. The smallest absolute Gasteiger partial charge is 0.275 e. The van der Waals surface area contributed by atoms with Gasteiger partial charge in [-0.2, -0.15) is 0 Å². The van der Waals surface area contributed by atoms with Crippen LogP contribution in [0.15, 0.2) is 23.6 Å². The number of nitrogens with zero attached hydrogens (tertiary/aromatic N) is 2. The molecule has 0 radical (unpaired) electrons. The Morgan fingerprint density at radius 3 is 2.81 bits per heavy atom. The number of carbonyl (C=O) groups excluding carboxylic acids is 2. The number of nitrogens with one attached hydrogen (secondary N) is 2. The van der Waals surface area contributed by atoms with Crippen molar-refractivity contribution in [3.05, 3.63) is 40.4 Å². The summed E-state index contributed by atoms with van der Waals surface area (Å²) in [5.74, 6) is -0.311. The van der Waals surface area contributed by atoms with E-state index in [1.807, 2.05) is 0 Å². The van der Waals surface area contributed by atoms with E-state index in [-0.39, 0.29) is 29.8 Å². The van der Waals surface area contributed by atoms with E-state index >= 15 is 0 Å². The molecule has 0 saturated carbocycles. The summed E-state index contributed by atoms with van der Waals surface area (Å²) in [4.78, 5) is 32.5. The number of benzene rings is 1.